The highest BCUT2D eigenvalue weighted by molar-refractivity contribution is 6.02. The highest BCUT2D eigenvalue weighted by Gasteiger charge is 2.35. The van der Waals surface area contributed by atoms with E-state index in [0.29, 0.717) is 42.7 Å². The van der Waals surface area contributed by atoms with Crippen LogP contribution < -0.4 is 14.8 Å². The Kier molecular flexibility index (Phi) is 13.3. The van der Waals surface area contributed by atoms with Crippen molar-refractivity contribution >= 4 is 11.9 Å². The molecule has 9 nitrogen and oxygen atoms in total. The molecule has 47 heavy (non-hydrogen) atoms. The maximum atomic E-state index is 13.3. The third kappa shape index (κ3) is 9.15. The monoisotopic (exact) mass is 647 g/mol. The molecule has 9 heteroatoms. The van der Waals surface area contributed by atoms with Gasteiger partial charge >= 0.3 is 5.97 Å². The molecule has 1 aromatic heterocycles. The summed E-state index contributed by atoms with van der Waals surface area (Å²) < 4.78 is 23.5. The molecular formula is C38H53N3O6. The lowest BCUT2D eigenvalue weighted by Gasteiger charge is -2.35. The average Bonchev–Trinajstić information content (AvgIpc) is 3.48. The van der Waals surface area contributed by atoms with E-state index in [1.165, 1.54) is 7.11 Å². The molecule has 0 spiro atoms. The summed E-state index contributed by atoms with van der Waals surface area (Å²) in [5.41, 5.74) is 4.66. The Morgan fingerprint density at radius 3 is 2.26 bits per heavy atom. The van der Waals surface area contributed by atoms with E-state index in [0.717, 1.165) is 79.6 Å². The topological polar surface area (TPSA) is 103 Å². The van der Waals surface area contributed by atoms with E-state index in [4.69, 9.17) is 18.7 Å². The van der Waals surface area contributed by atoms with Crippen LogP contribution in [0.4, 0.5) is 0 Å². The number of benzene rings is 2. The Balaban J connectivity index is 1.67. The number of methoxy groups -OCH3 is 1. The Labute approximate surface area is 280 Å². The van der Waals surface area contributed by atoms with E-state index >= 15 is 0 Å². The number of rotatable bonds is 18. The van der Waals surface area contributed by atoms with Crippen LogP contribution in [0.5, 0.6) is 11.5 Å². The van der Waals surface area contributed by atoms with Crippen LogP contribution in [0.15, 0.2) is 40.9 Å². The van der Waals surface area contributed by atoms with Crippen LogP contribution >= 0.6 is 0 Å². The van der Waals surface area contributed by atoms with Crippen LogP contribution in [0.25, 0.3) is 22.5 Å². The number of aromatic nitrogens is 1. The number of nitrogens with zero attached hydrogens (tertiary/aromatic N) is 2. The molecule has 1 aliphatic rings. The van der Waals surface area contributed by atoms with Gasteiger partial charge in [0.05, 0.1) is 37.4 Å². The van der Waals surface area contributed by atoms with E-state index in [1.807, 2.05) is 25.1 Å². The van der Waals surface area contributed by atoms with Crippen LogP contribution in [0.1, 0.15) is 101 Å². The lowest BCUT2D eigenvalue weighted by Crippen LogP contribution is -2.37. The standard InChI is InChI=1S/C38H53N3O6/c1-8-11-17-45-32-22-33(46-18-12-9-2)31(21-30(32)25(4)5)36-34(35(40-47-36)37(42)39-10-3)28-15-13-26(14-16-28)23-41(6)24-27-19-29(20-27)38(43)44-7/h13-16,21-22,25,27,29H,8-12,17-20,23-24H2,1-7H3,(H,39,42). The van der Waals surface area contributed by atoms with Crippen molar-refractivity contribution in [3.8, 4) is 33.9 Å². The summed E-state index contributed by atoms with van der Waals surface area (Å²) in [4.78, 5) is 27.3. The van der Waals surface area contributed by atoms with Crippen LogP contribution in [0, 0.1) is 11.8 Å². The number of unbranched alkanes of at least 4 members (excludes halogenated alkanes) is 2. The zero-order chi connectivity index (χ0) is 33.9. The molecule has 0 unspecified atom stereocenters. The van der Waals surface area contributed by atoms with Gasteiger partial charge in [-0.3, -0.25) is 9.59 Å². The number of carbonyl (C=O) groups excluding carboxylic acids is 2. The number of hydrogen-bond acceptors (Lipinski definition) is 8. The Hall–Kier alpha value is -3.85. The third-order valence-corrected chi connectivity index (χ3v) is 8.77. The fourth-order valence-electron chi connectivity index (χ4n) is 6.08. The quantitative estimate of drug-likeness (QED) is 0.110. The first-order chi connectivity index (χ1) is 22.7. The van der Waals surface area contributed by atoms with Gasteiger partial charge in [-0.05, 0) is 74.2 Å². The van der Waals surface area contributed by atoms with E-state index in [2.05, 4.69) is 68.3 Å². The van der Waals surface area contributed by atoms with Gasteiger partial charge in [-0.2, -0.15) is 0 Å². The van der Waals surface area contributed by atoms with Gasteiger partial charge in [0.15, 0.2) is 11.5 Å². The average molecular weight is 648 g/mol. The molecule has 1 aliphatic carbocycles. The third-order valence-electron chi connectivity index (χ3n) is 8.77. The second kappa shape index (κ2) is 17.3. The number of esters is 1. The minimum atomic E-state index is -0.288. The highest BCUT2D eigenvalue weighted by Crippen LogP contribution is 2.44. The number of nitrogens with one attached hydrogen (secondary N) is 1. The molecule has 2 aromatic carbocycles. The van der Waals surface area contributed by atoms with Crippen molar-refractivity contribution in [1.29, 1.82) is 0 Å². The molecule has 3 aromatic rings. The first-order valence-electron chi connectivity index (χ1n) is 17.3. The molecule has 256 valence electrons. The van der Waals surface area contributed by atoms with Crippen molar-refractivity contribution in [3.63, 3.8) is 0 Å². The number of hydrogen-bond donors (Lipinski definition) is 1. The summed E-state index contributed by atoms with van der Waals surface area (Å²) in [6.07, 6.45) is 5.69. The SMILES string of the molecule is CCCCOc1cc(OCCCC)c(C(C)C)cc1-c1onc(C(=O)NCC)c1-c1ccc(CN(C)CC2CC(C(=O)OC)C2)cc1. The summed E-state index contributed by atoms with van der Waals surface area (Å²) in [7, 11) is 3.56. The zero-order valence-corrected chi connectivity index (χ0v) is 29.3. The van der Waals surface area contributed by atoms with Gasteiger partial charge < -0.3 is 29.0 Å². The molecule has 1 saturated carbocycles. The van der Waals surface area contributed by atoms with Crippen molar-refractivity contribution in [1.82, 2.24) is 15.4 Å². The Morgan fingerprint density at radius 1 is 1.00 bits per heavy atom. The number of carbonyl (C=O) groups is 2. The molecule has 1 fully saturated rings. The van der Waals surface area contributed by atoms with Crippen molar-refractivity contribution in [2.75, 3.05) is 40.5 Å². The zero-order valence-electron chi connectivity index (χ0n) is 29.3. The van der Waals surface area contributed by atoms with Crippen molar-refractivity contribution < 1.29 is 28.3 Å². The molecule has 0 bridgehead atoms. The minimum Gasteiger partial charge on any atom is -0.493 e. The molecule has 0 atom stereocenters. The predicted octanol–water partition coefficient (Wildman–Crippen LogP) is 7.87. The van der Waals surface area contributed by atoms with Gasteiger partial charge in [0, 0.05) is 25.7 Å². The Bertz CT molecular complexity index is 1460. The molecular weight excluding hydrogens is 594 g/mol. The molecule has 4 rings (SSSR count). The number of ether oxygens (including phenoxy) is 3. The largest absolute Gasteiger partial charge is 0.493 e. The maximum Gasteiger partial charge on any atom is 0.308 e. The molecule has 1 heterocycles. The van der Waals surface area contributed by atoms with Crippen molar-refractivity contribution in [2.24, 2.45) is 11.8 Å². The summed E-state index contributed by atoms with van der Waals surface area (Å²) in [5, 5.41) is 7.20. The predicted molar refractivity (Wildman–Crippen MR) is 185 cm³/mol. The van der Waals surface area contributed by atoms with Gasteiger partial charge in [0.1, 0.15) is 11.5 Å². The molecule has 0 radical (unpaired) electrons. The van der Waals surface area contributed by atoms with Crippen molar-refractivity contribution in [2.45, 2.75) is 85.6 Å². The first kappa shape index (κ1) is 36.0. The lowest BCUT2D eigenvalue weighted by molar-refractivity contribution is -0.150. The van der Waals surface area contributed by atoms with Gasteiger partial charge in [-0.25, -0.2) is 0 Å². The van der Waals surface area contributed by atoms with E-state index in [9.17, 15) is 9.59 Å². The minimum absolute atomic E-state index is 0.0357. The highest BCUT2D eigenvalue weighted by atomic mass is 16.5. The second-order valence-electron chi connectivity index (χ2n) is 13.0. The van der Waals surface area contributed by atoms with Gasteiger partial charge in [-0.15, -0.1) is 0 Å². The van der Waals surface area contributed by atoms with Crippen LogP contribution in [-0.4, -0.2) is 62.4 Å². The van der Waals surface area contributed by atoms with E-state index in [1.54, 1.807) is 0 Å². The first-order valence-corrected chi connectivity index (χ1v) is 17.3. The summed E-state index contributed by atoms with van der Waals surface area (Å²) in [5.74, 6) is 2.29. The van der Waals surface area contributed by atoms with E-state index < -0.39 is 0 Å². The van der Waals surface area contributed by atoms with Gasteiger partial charge in [0.25, 0.3) is 5.91 Å². The van der Waals surface area contributed by atoms with Crippen molar-refractivity contribution in [3.05, 3.63) is 53.2 Å². The normalized spacial score (nSPS) is 15.9. The summed E-state index contributed by atoms with van der Waals surface area (Å²) >= 11 is 0. The Morgan fingerprint density at radius 2 is 1.66 bits per heavy atom. The number of amides is 1. The molecule has 1 N–H and O–H groups in total. The fourth-order valence-corrected chi connectivity index (χ4v) is 6.08. The van der Waals surface area contributed by atoms with Gasteiger partial charge in [-0.1, -0.05) is 70.0 Å². The fraction of sp³-hybridized carbons (Fsp3) is 0.553. The van der Waals surface area contributed by atoms with Crippen LogP contribution in [0.3, 0.4) is 0 Å². The molecule has 1 amide bonds. The van der Waals surface area contributed by atoms with Crippen LogP contribution in [0.2, 0.25) is 0 Å². The summed E-state index contributed by atoms with van der Waals surface area (Å²) in [6, 6.07) is 12.3. The molecule has 0 aliphatic heterocycles. The summed E-state index contributed by atoms with van der Waals surface area (Å²) in [6.45, 7) is 13.8. The maximum absolute atomic E-state index is 13.3. The molecule has 0 saturated heterocycles. The lowest BCUT2D eigenvalue weighted by atomic mass is 9.74. The van der Waals surface area contributed by atoms with E-state index in [-0.39, 0.29) is 29.4 Å². The van der Waals surface area contributed by atoms with Crippen LogP contribution in [-0.2, 0) is 16.1 Å². The van der Waals surface area contributed by atoms with Gasteiger partial charge in [0.2, 0.25) is 0 Å². The second-order valence-corrected chi connectivity index (χ2v) is 13.0. The smallest absolute Gasteiger partial charge is 0.308 e.